The summed E-state index contributed by atoms with van der Waals surface area (Å²) >= 11 is 0. The third-order valence-corrected chi connectivity index (χ3v) is 3.76. The first-order valence-corrected chi connectivity index (χ1v) is 7.80. The first kappa shape index (κ1) is 15.9. The van der Waals surface area contributed by atoms with Crippen molar-refractivity contribution in [1.82, 2.24) is 15.3 Å². The molecule has 2 aromatic heterocycles. The molecule has 2 heterocycles. The number of aromatic nitrogens is 2. The van der Waals surface area contributed by atoms with Crippen LogP contribution in [0, 0.1) is 0 Å². The van der Waals surface area contributed by atoms with Gasteiger partial charge in [-0.05, 0) is 35.6 Å². The van der Waals surface area contributed by atoms with Crippen LogP contribution in [-0.2, 0) is 6.54 Å². The molecule has 6 nitrogen and oxygen atoms in total. The van der Waals surface area contributed by atoms with E-state index < -0.39 is 0 Å². The number of nitrogens with one attached hydrogen (secondary N) is 2. The molecule has 3 aromatic rings. The minimum atomic E-state index is -0.276. The number of nitrogens with zero attached hydrogens (tertiary/aromatic N) is 2. The van der Waals surface area contributed by atoms with Crippen LogP contribution in [0.15, 0.2) is 48.9 Å². The molecule has 0 unspecified atom stereocenters. The number of amides is 2. The van der Waals surface area contributed by atoms with Gasteiger partial charge < -0.3 is 11.1 Å². The highest BCUT2D eigenvalue weighted by Gasteiger charge is 2.10. The molecule has 1 aromatic carbocycles. The fourth-order valence-electron chi connectivity index (χ4n) is 2.64. The largest absolute Gasteiger partial charge is 0.338 e. The predicted molar refractivity (Wildman–Crippen MR) is 95.6 cm³/mol. The molecule has 0 atom stereocenters. The summed E-state index contributed by atoms with van der Waals surface area (Å²) in [6, 6.07) is 9.52. The number of pyridine rings is 2. The number of hydrogen-bond donors (Lipinski definition) is 3. The molecule has 0 aliphatic rings. The second kappa shape index (κ2) is 7.06. The minimum absolute atomic E-state index is 0.276. The Bertz CT molecular complexity index is 864. The number of anilines is 1. The molecule has 0 bridgehead atoms. The average molecular weight is 321 g/mol. The van der Waals surface area contributed by atoms with Crippen LogP contribution in [0.5, 0.6) is 0 Å². The van der Waals surface area contributed by atoms with Crippen molar-refractivity contribution in [2.75, 3.05) is 11.9 Å². The fraction of sp³-hybridized carbons (Fsp3) is 0.167. The quantitative estimate of drug-likeness (QED) is 0.689. The lowest BCUT2D eigenvalue weighted by molar-refractivity contribution is 0.252. The van der Waals surface area contributed by atoms with Crippen molar-refractivity contribution in [2.45, 2.75) is 13.5 Å². The van der Waals surface area contributed by atoms with Crippen LogP contribution in [0.1, 0.15) is 12.5 Å². The average Bonchev–Trinajstić information content (AvgIpc) is 2.61. The van der Waals surface area contributed by atoms with Crippen LogP contribution in [0.2, 0.25) is 0 Å². The molecular weight excluding hydrogens is 302 g/mol. The maximum Gasteiger partial charge on any atom is 0.320 e. The summed E-state index contributed by atoms with van der Waals surface area (Å²) in [5, 5.41) is 7.39. The van der Waals surface area contributed by atoms with Gasteiger partial charge >= 0.3 is 6.03 Å². The Kier molecular flexibility index (Phi) is 4.67. The Hall–Kier alpha value is -2.99. The molecule has 0 spiro atoms. The van der Waals surface area contributed by atoms with Crippen molar-refractivity contribution in [3.8, 4) is 11.1 Å². The van der Waals surface area contributed by atoms with E-state index in [1.54, 1.807) is 12.4 Å². The van der Waals surface area contributed by atoms with Crippen molar-refractivity contribution in [3.05, 3.63) is 54.5 Å². The third-order valence-electron chi connectivity index (χ3n) is 3.76. The highest BCUT2D eigenvalue weighted by Crippen LogP contribution is 2.31. The van der Waals surface area contributed by atoms with E-state index in [0.29, 0.717) is 18.9 Å². The number of carbonyl (C=O) groups is 1. The van der Waals surface area contributed by atoms with E-state index in [0.717, 1.165) is 27.5 Å². The van der Waals surface area contributed by atoms with Crippen LogP contribution >= 0.6 is 0 Å². The zero-order valence-corrected chi connectivity index (χ0v) is 13.4. The molecule has 2 amide bonds. The van der Waals surface area contributed by atoms with E-state index in [1.807, 2.05) is 43.5 Å². The smallest absolute Gasteiger partial charge is 0.320 e. The zero-order valence-electron chi connectivity index (χ0n) is 13.4. The van der Waals surface area contributed by atoms with Gasteiger partial charge in [0.2, 0.25) is 0 Å². The van der Waals surface area contributed by atoms with E-state index in [-0.39, 0.29) is 6.03 Å². The number of hydrogen-bond acceptors (Lipinski definition) is 4. The lowest BCUT2D eigenvalue weighted by Crippen LogP contribution is -2.28. The first-order chi connectivity index (χ1) is 11.7. The van der Waals surface area contributed by atoms with Crippen LogP contribution < -0.4 is 16.4 Å². The Balaban J connectivity index is 2.12. The molecule has 0 saturated carbocycles. The molecule has 24 heavy (non-hydrogen) atoms. The van der Waals surface area contributed by atoms with Gasteiger partial charge in [0.25, 0.3) is 0 Å². The summed E-state index contributed by atoms with van der Waals surface area (Å²) in [6.45, 7) is 2.84. The Morgan fingerprint density at radius 1 is 1.21 bits per heavy atom. The monoisotopic (exact) mass is 321 g/mol. The molecular formula is C18H19N5O. The summed E-state index contributed by atoms with van der Waals surface area (Å²) in [6.07, 6.45) is 5.30. The molecule has 0 saturated heterocycles. The first-order valence-electron chi connectivity index (χ1n) is 7.80. The molecule has 6 heteroatoms. The van der Waals surface area contributed by atoms with Gasteiger partial charge in [0, 0.05) is 42.6 Å². The van der Waals surface area contributed by atoms with Crippen LogP contribution in [0.3, 0.4) is 0 Å². The number of rotatable bonds is 4. The van der Waals surface area contributed by atoms with E-state index >= 15 is 0 Å². The Morgan fingerprint density at radius 3 is 2.79 bits per heavy atom. The predicted octanol–water partition coefficient (Wildman–Crippen LogP) is 2.90. The number of fused-ring (bicyclic) bond motifs is 1. The standard InChI is InChI=1S/C18H19N5O/c1-2-21-18(24)23-17-8-15-14(13-4-3-7-20-10-13)6-5-12(9-19)16(15)11-22-17/h3-8,10-11H,2,9,19H2,1H3,(H2,21,22,23,24). The lowest BCUT2D eigenvalue weighted by atomic mass is 9.97. The van der Waals surface area contributed by atoms with Gasteiger partial charge in [-0.25, -0.2) is 9.78 Å². The van der Waals surface area contributed by atoms with E-state index in [1.165, 1.54) is 0 Å². The second-order valence-electron chi connectivity index (χ2n) is 5.32. The van der Waals surface area contributed by atoms with Gasteiger partial charge in [-0.15, -0.1) is 0 Å². The fourth-order valence-corrected chi connectivity index (χ4v) is 2.64. The molecule has 122 valence electrons. The summed E-state index contributed by atoms with van der Waals surface area (Å²) in [5.41, 5.74) is 8.88. The SMILES string of the molecule is CCNC(=O)Nc1cc2c(-c3cccnc3)ccc(CN)c2cn1. The highest BCUT2D eigenvalue weighted by atomic mass is 16.2. The highest BCUT2D eigenvalue weighted by molar-refractivity contribution is 6.00. The summed E-state index contributed by atoms with van der Waals surface area (Å²) in [7, 11) is 0. The van der Waals surface area contributed by atoms with Crippen LogP contribution in [-0.4, -0.2) is 22.5 Å². The second-order valence-corrected chi connectivity index (χ2v) is 5.32. The molecule has 3 rings (SSSR count). The van der Waals surface area contributed by atoms with Crippen molar-refractivity contribution in [2.24, 2.45) is 5.73 Å². The van der Waals surface area contributed by atoms with Gasteiger partial charge in [-0.2, -0.15) is 0 Å². The zero-order chi connectivity index (χ0) is 16.9. The van der Waals surface area contributed by atoms with Crippen LogP contribution in [0.25, 0.3) is 21.9 Å². The van der Waals surface area contributed by atoms with Crippen molar-refractivity contribution in [3.63, 3.8) is 0 Å². The van der Waals surface area contributed by atoms with Crippen molar-refractivity contribution >= 4 is 22.6 Å². The number of benzene rings is 1. The summed E-state index contributed by atoms with van der Waals surface area (Å²) < 4.78 is 0. The molecule has 4 N–H and O–H groups in total. The number of carbonyl (C=O) groups excluding carboxylic acids is 1. The maximum absolute atomic E-state index is 11.7. The topological polar surface area (TPSA) is 92.9 Å². The summed E-state index contributed by atoms with van der Waals surface area (Å²) in [5.74, 6) is 0.493. The van der Waals surface area contributed by atoms with Crippen LogP contribution in [0.4, 0.5) is 10.6 Å². The minimum Gasteiger partial charge on any atom is -0.338 e. The van der Waals surface area contributed by atoms with Crippen molar-refractivity contribution in [1.29, 1.82) is 0 Å². The molecule has 0 fully saturated rings. The molecule has 0 radical (unpaired) electrons. The third kappa shape index (κ3) is 3.18. The van der Waals surface area contributed by atoms with E-state index in [4.69, 9.17) is 5.73 Å². The van der Waals surface area contributed by atoms with E-state index in [2.05, 4.69) is 20.6 Å². The summed E-state index contributed by atoms with van der Waals surface area (Å²) in [4.78, 5) is 20.2. The Morgan fingerprint density at radius 2 is 2.08 bits per heavy atom. The van der Waals surface area contributed by atoms with Gasteiger partial charge in [-0.3, -0.25) is 10.3 Å². The van der Waals surface area contributed by atoms with Gasteiger partial charge in [0.1, 0.15) is 5.82 Å². The maximum atomic E-state index is 11.7. The number of nitrogens with two attached hydrogens (primary N) is 1. The van der Waals surface area contributed by atoms with Gasteiger partial charge in [-0.1, -0.05) is 18.2 Å². The van der Waals surface area contributed by atoms with Crippen molar-refractivity contribution < 1.29 is 4.79 Å². The number of urea groups is 1. The van der Waals surface area contributed by atoms with Gasteiger partial charge in [0.15, 0.2) is 0 Å². The lowest BCUT2D eigenvalue weighted by Gasteiger charge is -2.12. The Labute approximate surface area is 140 Å². The van der Waals surface area contributed by atoms with Gasteiger partial charge in [0.05, 0.1) is 0 Å². The normalized spacial score (nSPS) is 10.6. The molecule has 0 aliphatic carbocycles. The van der Waals surface area contributed by atoms with E-state index in [9.17, 15) is 4.79 Å². The molecule has 0 aliphatic heterocycles.